The van der Waals surface area contributed by atoms with Gasteiger partial charge in [0, 0.05) is 17.8 Å². The number of phenolic OH excluding ortho intramolecular Hbond substituents is 1. The minimum atomic E-state index is -0.898. The predicted octanol–water partition coefficient (Wildman–Crippen LogP) is 2.69. The molecule has 2 N–H and O–H groups in total. The van der Waals surface area contributed by atoms with Gasteiger partial charge in [0.2, 0.25) is 0 Å². The number of nitrogens with one attached hydrogen (secondary N) is 1. The van der Waals surface area contributed by atoms with Crippen LogP contribution < -0.4 is 5.32 Å². The first kappa shape index (κ1) is 13.5. The van der Waals surface area contributed by atoms with Crippen LogP contribution in [0, 0.1) is 15.9 Å². The van der Waals surface area contributed by atoms with Crippen LogP contribution in [-0.4, -0.2) is 15.9 Å². The second kappa shape index (κ2) is 5.35. The van der Waals surface area contributed by atoms with Gasteiger partial charge in [0.15, 0.2) is 11.6 Å². The number of carbonyl (C=O) groups excluding carboxylic acids is 1. The molecule has 0 atom stereocenters. The molecule has 20 heavy (non-hydrogen) atoms. The molecule has 0 saturated carbocycles. The zero-order valence-corrected chi connectivity index (χ0v) is 10.0. The van der Waals surface area contributed by atoms with Gasteiger partial charge in [-0.2, -0.15) is 0 Å². The van der Waals surface area contributed by atoms with E-state index in [9.17, 15) is 19.3 Å². The van der Waals surface area contributed by atoms with Crippen molar-refractivity contribution in [2.24, 2.45) is 0 Å². The predicted molar refractivity (Wildman–Crippen MR) is 69.1 cm³/mol. The lowest BCUT2D eigenvalue weighted by Crippen LogP contribution is -2.13. The minimum Gasteiger partial charge on any atom is -0.505 e. The Hall–Kier alpha value is -2.96. The van der Waals surface area contributed by atoms with Crippen LogP contribution >= 0.6 is 0 Å². The van der Waals surface area contributed by atoms with E-state index in [2.05, 4.69) is 5.32 Å². The van der Waals surface area contributed by atoms with Crippen LogP contribution in [-0.2, 0) is 0 Å². The summed E-state index contributed by atoms with van der Waals surface area (Å²) in [5.41, 5.74) is -0.390. The minimum absolute atomic E-state index is 0.0865. The molecule has 0 spiro atoms. The molecule has 0 saturated heterocycles. The standard InChI is InChI=1S/C13H9FN2O4/c14-10-7-8(5-6-12(10)17)15-13(18)9-3-1-2-4-11(9)16(19)20/h1-7,17H,(H,15,18). The van der Waals surface area contributed by atoms with Crippen LogP contribution in [0.5, 0.6) is 5.75 Å². The number of hydrogen-bond acceptors (Lipinski definition) is 4. The highest BCUT2D eigenvalue weighted by Gasteiger charge is 2.19. The monoisotopic (exact) mass is 276 g/mol. The molecule has 2 aromatic carbocycles. The fraction of sp³-hybridized carbons (Fsp3) is 0. The second-order valence-corrected chi connectivity index (χ2v) is 3.89. The number of nitro benzene ring substituents is 1. The van der Waals surface area contributed by atoms with Crippen molar-refractivity contribution in [3.8, 4) is 5.75 Å². The molecular weight excluding hydrogens is 267 g/mol. The molecule has 0 aromatic heterocycles. The average molecular weight is 276 g/mol. The van der Waals surface area contributed by atoms with E-state index in [4.69, 9.17) is 5.11 Å². The van der Waals surface area contributed by atoms with E-state index in [0.29, 0.717) is 0 Å². The number of nitro groups is 1. The second-order valence-electron chi connectivity index (χ2n) is 3.89. The van der Waals surface area contributed by atoms with E-state index in [1.165, 1.54) is 30.3 Å². The quantitative estimate of drug-likeness (QED) is 0.512. The summed E-state index contributed by atoms with van der Waals surface area (Å²) in [7, 11) is 0. The van der Waals surface area contributed by atoms with Gasteiger partial charge in [0.1, 0.15) is 5.56 Å². The van der Waals surface area contributed by atoms with Crippen LogP contribution in [0.4, 0.5) is 15.8 Å². The summed E-state index contributed by atoms with van der Waals surface area (Å²) in [5, 5.41) is 22.2. The van der Waals surface area contributed by atoms with Gasteiger partial charge in [-0.3, -0.25) is 14.9 Å². The Balaban J connectivity index is 2.28. The summed E-state index contributed by atoms with van der Waals surface area (Å²) in [6.45, 7) is 0. The van der Waals surface area contributed by atoms with Gasteiger partial charge < -0.3 is 10.4 Å². The first-order chi connectivity index (χ1) is 9.49. The maximum atomic E-state index is 13.1. The van der Waals surface area contributed by atoms with Crippen molar-refractivity contribution < 1.29 is 19.2 Å². The maximum absolute atomic E-state index is 13.1. The topological polar surface area (TPSA) is 92.5 Å². The Morgan fingerprint density at radius 3 is 2.60 bits per heavy atom. The number of hydrogen-bond donors (Lipinski definition) is 2. The molecule has 0 bridgehead atoms. The van der Waals surface area contributed by atoms with Gasteiger partial charge >= 0.3 is 0 Å². The van der Waals surface area contributed by atoms with Gasteiger partial charge in [-0.15, -0.1) is 0 Å². The smallest absolute Gasteiger partial charge is 0.282 e. The highest BCUT2D eigenvalue weighted by molar-refractivity contribution is 6.07. The van der Waals surface area contributed by atoms with Crippen molar-refractivity contribution in [1.29, 1.82) is 0 Å². The Morgan fingerprint density at radius 1 is 1.25 bits per heavy atom. The molecule has 0 aliphatic carbocycles. The highest BCUT2D eigenvalue weighted by Crippen LogP contribution is 2.22. The third kappa shape index (κ3) is 2.72. The van der Waals surface area contributed by atoms with E-state index in [1.54, 1.807) is 0 Å². The van der Waals surface area contributed by atoms with E-state index in [0.717, 1.165) is 12.1 Å². The number of carbonyl (C=O) groups is 1. The highest BCUT2D eigenvalue weighted by atomic mass is 19.1. The third-order valence-corrected chi connectivity index (χ3v) is 2.55. The summed E-state index contributed by atoms with van der Waals surface area (Å²) < 4.78 is 13.1. The molecule has 0 radical (unpaired) electrons. The molecule has 102 valence electrons. The number of rotatable bonds is 3. The molecule has 6 nitrogen and oxygen atoms in total. The van der Waals surface area contributed by atoms with Crippen molar-refractivity contribution in [2.45, 2.75) is 0 Å². The number of benzene rings is 2. The van der Waals surface area contributed by atoms with E-state index < -0.39 is 22.4 Å². The first-order valence-corrected chi connectivity index (χ1v) is 5.52. The SMILES string of the molecule is O=C(Nc1ccc(O)c(F)c1)c1ccccc1[N+](=O)[O-]. The van der Waals surface area contributed by atoms with Crippen LogP contribution in [0.25, 0.3) is 0 Å². The summed E-state index contributed by atoms with van der Waals surface area (Å²) in [6.07, 6.45) is 0. The molecule has 0 aliphatic heterocycles. The van der Waals surface area contributed by atoms with Crippen molar-refractivity contribution >= 4 is 17.3 Å². The lowest BCUT2D eigenvalue weighted by atomic mass is 10.1. The number of para-hydroxylation sites is 1. The number of halogens is 1. The number of nitrogens with zero attached hydrogens (tertiary/aromatic N) is 1. The van der Waals surface area contributed by atoms with Gasteiger partial charge in [-0.05, 0) is 18.2 Å². The van der Waals surface area contributed by atoms with Crippen LogP contribution in [0.1, 0.15) is 10.4 Å². The molecule has 2 rings (SSSR count). The summed E-state index contributed by atoms with van der Waals surface area (Å²) >= 11 is 0. The van der Waals surface area contributed by atoms with Crippen molar-refractivity contribution in [2.75, 3.05) is 5.32 Å². The van der Waals surface area contributed by atoms with Gasteiger partial charge in [0.25, 0.3) is 11.6 Å². The summed E-state index contributed by atoms with van der Waals surface area (Å²) in [5.74, 6) is -2.18. The van der Waals surface area contributed by atoms with E-state index >= 15 is 0 Å². The Morgan fingerprint density at radius 2 is 1.95 bits per heavy atom. The van der Waals surface area contributed by atoms with Gasteiger partial charge in [0.05, 0.1) is 4.92 Å². The molecule has 0 unspecified atom stereocenters. The van der Waals surface area contributed by atoms with Gasteiger partial charge in [-0.1, -0.05) is 12.1 Å². The summed E-state index contributed by atoms with van der Waals surface area (Å²) in [4.78, 5) is 22.1. The zero-order valence-electron chi connectivity index (χ0n) is 10.0. The fourth-order valence-electron chi connectivity index (χ4n) is 1.61. The lowest BCUT2D eigenvalue weighted by Gasteiger charge is -2.06. The Labute approximate surface area is 112 Å². The number of anilines is 1. The average Bonchev–Trinajstić information content (AvgIpc) is 2.43. The molecule has 0 fully saturated rings. The van der Waals surface area contributed by atoms with Crippen molar-refractivity contribution in [1.82, 2.24) is 0 Å². The van der Waals surface area contributed by atoms with Crippen LogP contribution in [0.2, 0.25) is 0 Å². The maximum Gasteiger partial charge on any atom is 0.282 e. The molecule has 2 aromatic rings. The number of phenols is 1. The van der Waals surface area contributed by atoms with Crippen LogP contribution in [0.3, 0.4) is 0 Å². The first-order valence-electron chi connectivity index (χ1n) is 5.52. The number of aromatic hydroxyl groups is 1. The molecular formula is C13H9FN2O4. The zero-order chi connectivity index (χ0) is 14.7. The van der Waals surface area contributed by atoms with E-state index in [1.807, 2.05) is 0 Å². The largest absolute Gasteiger partial charge is 0.505 e. The molecule has 1 amide bonds. The summed E-state index contributed by atoms with van der Waals surface area (Å²) in [6, 6.07) is 8.70. The normalized spacial score (nSPS) is 10.1. The van der Waals surface area contributed by atoms with Crippen LogP contribution in [0.15, 0.2) is 42.5 Å². The molecule has 7 heteroatoms. The molecule has 0 heterocycles. The Bertz CT molecular complexity index is 688. The molecule has 0 aliphatic rings. The third-order valence-electron chi connectivity index (χ3n) is 2.55. The Kier molecular flexibility index (Phi) is 3.60. The lowest BCUT2D eigenvalue weighted by molar-refractivity contribution is -0.385. The van der Waals surface area contributed by atoms with E-state index in [-0.39, 0.29) is 16.9 Å². The fourth-order valence-corrected chi connectivity index (χ4v) is 1.61. The van der Waals surface area contributed by atoms with Crippen molar-refractivity contribution in [3.05, 3.63) is 64.0 Å². The number of amides is 1. The van der Waals surface area contributed by atoms with Gasteiger partial charge in [-0.25, -0.2) is 4.39 Å². The van der Waals surface area contributed by atoms with Crippen molar-refractivity contribution in [3.63, 3.8) is 0 Å².